The summed E-state index contributed by atoms with van der Waals surface area (Å²) in [7, 11) is 0. The number of carbonyl (C=O) groups is 1. The third-order valence-corrected chi connectivity index (χ3v) is 3.36. The van der Waals surface area contributed by atoms with Crippen molar-refractivity contribution in [1.82, 2.24) is 20.2 Å². The first-order valence-electron chi connectivity index (χ1n) is 5.79. The van der Waals surface area contributed by atoms with E-state index in [0.29, 0.717) is 10.8 Å². The van der Waals surface area contributed by atoms with Crippen LogP contribution in [0.15, 0.2) is 48.9 Å². The van der Waals surface area contributed by atoms with Gasteiger partial charge in [0.15, 0.2) is 0 Å². The summed E-state index contributed by atoms with van der Waals surface area (Å²) >= 11 is 1.30. The standard InChI is InChI=1S/C13H9N5OS/c19-11(10-3-1-2-6-15-10)16-13-18-17-12(20-13)9-4-7-14-8-5-9/h1-8H,(H,16,18,19). The van der Waals surface area contributed by atoms with Crippen LogP contribution >= 0.6 is 11.3 Å². The summed E-state index contributed by atoms with van der Waals surface area (Å²) in [5, 5.41) is 11.8. The first-order valence-corrected chi connectivity index (χ1v) is 6.61. The van der Waals surface area contributed by atoms with Gasteiger partial charge in [0.25, 0.3) is 5.91 Å². The Bertz CT molecular complexity index is 714. The fourth-order valence-corrected chi connectivity index (χ4v) is 2.29. The van der Waals surface area contributed by atoms with Gasteiger partial charge in [-0.2, -0.15) is 0 Å². The van der Waals surface area contributed by atoms with E-state index in [0.717, 1.165) is 10.6 Å². The largest absolute Gasteiger partial charge is 0.295 e. The van der Waals surface area contributed by atoms with E-state index < -0.39 is 0 Å². The van der Waals surface area contributed by atoms with Gasteiger partial charge < -0.3 is 0 Å². The van der Waals surface area contributed by atoms with Crippen molar-refractivity contribution in [3.05, 3.63) is 54.6 Å². The molecule has 0 saturated carbocycles. The van der Waals surface area contributed by atoms with Crippen molar-refractivity contribution in [1.29, 1.82) is 0 Å². The maximum atomic E-state index is 11.9. The van der Waals surface area contributed by atoms with E-state index in [-0.39, 0.29) is 5.91 Å². The van der Waals surface area contributed by atoms with Crippen LogP contribution in [-0.4, -0.2) is 26.1 Å². The van der Waals surface area contributed by atoms with Crippen LogP contribution in [-0.2, 0) is 0 Å². The predicted octanol–water partition coefficient (Wildman–Crippen LogP) is 2.25. The molecule has 1 N–H and O–H groups in total. The Morgan fingerprint density at radius 3 is 2.65 bits per heavy atom. The molecule has 7 heteroatoms. The summed E-state index contributed by atoms with van der Waals surface area (Å²) in [6.45, 7) is 0. The Kier molecular flexibility index (Phi) is 3.42. The van der Waals surface area contributed by atoms with Crippen molar-refractivity contribution in [2.45, 2.75) is 0 Å². The van der Waals surface area contributed by atoms with E-state index in [1.807, 2.05) is 12.1 Å². The zero-order valence-corrected chi connectivity index (χ0v) is 11.0. The highest BCUT2D eigenvalue weighted by atomic mass is 32.1. The molecular weight excluding hydrogens is 274 g/mol. The topological polar surface area (TPSA) is 80.7 Å². The van der Waals surface area contributed by atoms with Gasteiger partial charge in [0, 0.05) is 24.2 Å². The molecule has 0 bridgehead atoms. The number of rotatable bonds is 3. The maximum absolute atomic E-state index is 11.9. The second-order valence-electron chi connectivity index (χ2n) is 3.82. The quantitative estimate of drug-likeness (QED) is 0.797. The smallest absolute Gasteiger partial charge is 0.276 e. The van der Waals surface area contributed by atoms with Crippen molar-refractivity contribution in [3.63, 3.8) is 0 Å². The summed E-state index contributed by atoms with van der Waals surface area (Å²) in [5.41, 5.74) is 1.25. The molecule has 3 heterocycles. The molecule has 0 aromatic carbocycles. The third-order valence-electron chi connectivity index (χ3n) is 2.47. The molecule has 20 heavy (non-hydrogen) atoms. The molecule has 0 fully saturated rings. The summed E-state index contributed by atoms with van der Waals surface area (Å²) in [4.78, 5) is 19.8. The molecule has 0 aliphatic heterocycles. The molecule has 0 saturated heterocycles. The zero-order chi connectivity index (χ0) is 13.8. The minimum absolute atomic E-state index is 0.303. The molecule has 98 valence electrons. The molecule has 0 atom stereocenters. The fraction of sp³-hybridized carbons (Fsp3) is 0. The minimum atomic E-state index is -0.303. The van der Waals surface area contributed by atoms with Gasteiger partial charge in [0.2, 0.25) is 5.13 Å². The van der Waals surface area contributed by atoms with Crippen molar-refractivity contribution < 1.29 is 4.79 Å². The average Bonchev–Trinajstić information content (AvgIpc) is 2.97. The van der Waals surface area contributed by atoms with Crippen LogP contribution in [0.25, 0.3) is 10.6 Å². The molecule has 0 radical (unpaired) electrons. The number of amides is 1. The van der Waals surface area contributed by atoms with Crippen molar-refractivity contribution in [2.75, 3.05) is 5.32 Å². The van der Waals surface area contributed by atoms with Crippen LogP contribution in [0.5, 0.6) is 0 Å². The van der Waals surface area contributed by atoms with E-state index in [1.54, 1.807) is 36.8 Å². The molecule has 0 aliphatic carbocycles. The van der Waals surface area contributed by atoms with Gasteiger partial charge in [-0.05, 0) is 24.3 Å². The van der Waals surface area contributed by atoms with Crippen LogP contribution in [0.3, 0.4) is 0 Å². The lowest BCUT2D eigenvalue weighted by molar-refractivity contribution is 0.102. The number of anilines is 1. The lowest BCUT2D eigenvalue weighted by Gasteiger charge is -1.98. The Balaban J connectivity index is 1.77. The monoisotopic (exact) mass is 283 g/mol. The van der Waals surface area contributed by atoms with E-state index >= 15 is 0 Å². The van der Waals surface area contributed by atoms with Crippen LogP contribution in [0.4, 0.5) is 5.13 Å². The summed E-state index contributed by atoms with van der Waals surface area (Å²) < 4.78 is 0. The van der Waals surface area contributed by atoms with Gasteiger partial charge >= 0.3 is 0 Å². The number of hydrogen-bond donors (Lipinski definition) is 1. The molecular formula is C13H9N5OS. The second kappa shape index (κ2) is 5.54. The number of nitrogens with zero attached hydrogens (tertiary/aromatic N) is 4. The first-order chi connectivity index (χ1) is 9.83. The van der Waals surface area contributed by atoms with E-state index in [1.165, 1.54) is 11.3 Å². The molecule has 3 aromatic rings. The molecule has 3 rings (SSSR count). The Morgan fingerprint density at radius 1 is 1.05 bits per heavy atom. The number of nitrogens with one attached hydrogen (secondary N) is 1. The first kappa shape index (κ1) is 12.4. The third kappa shape index (κ3) is 2.67. The highest BCUT2D eigenvalue weighted by Crippen LogP contribution is 2.25. The second-order valence-corrected chi connectivity index (χ2v) is 4.79. The van der Waals surface area contributed by atoms with Gasteiger partial charge in [-0.1, -0.05) is 17.4 Å². The molecule has 3 aromatic heterocycles. The molecule has 1 amide bonds. The normalized spacial score (nSPS) is 10.2. The number of pyridine rings is 2. The highest BCUT2D eigenvalue weighted by Gasteiger charge is 2.11. The number of hydrogen-bond acceptors (Lipinski definition) is 6. The van der Waals surface area contributed by atoms with Crippen molar-refractivity contribution in [3.8, 4) is 10.6 Å². The summed E-state index contributed by atoms with van der Waals surface area (Å²) in [5.74, 6) is -0.303. The Morgan fingerprint density at radius 2 is 1.90 bits per heavy atom. The predicted molar refractivity (Wildman–Crippen MR) is 75.3 cm³/mol. The number of carbonyl (C=O) groups excluding carboxylic acids is 1. The van der Waals surface area contributed by atoms with Gasteiger partial charge in [-0.15, -0.1) is 10.2 Å². The Hall–Kier alpha value is -2.67. The fourth-order valence-electron chi connectivity index (χ4n) is 1.54. The average molecular weight is 283 g/mol. The van der Waals surface area contributed by atoms with Crippen LogP contribution in [0.2, 0.25) is 0 Å². The van der Waals surface area contributed by atoms with Crippen molar-refractivity contribution >= 4 is 22.4 Å². The molecule has 6 nitrogen and oxygen atoms in total. The SMILES string of the molecule is O=C(Nc1nnc(-c2ccncc2)s1)c1ccccn1. The lowest BCUT2D eigenvalue weighted by Crippen LogP contribution is -2.13. The van der Waals surface area contributed by atoms with Gasteiger partial charge in [0.1, 0.15) is 10.7 Å². The minimum Gasteiger partial charge on any atom is -0.295 e. The van der Waals surface area contributed by atoms with Gasteiger partial charge in [0.05, 0.1) is 0 Å². The number of aromatic nitrogens is 4. The Labute approximate surface area is 118 Å². The highest BCUT2D eigenvalue weighted by molar-refractivity contribution is 7.18. The summed E-state index contributed by atoms with van der Waals surface area (Å²) in [6, 6.07) is 8.82. The maximum Gasteiger partial charge on any atom is 0.276 e. The lowest BCUT2D eigenvalue weighted by atomic mass is 10.3. The van der Waals surface area contributed by atoms with E-state index in [4.69, 9.17) is 0 Å². The van der Waals surface area contributed by atoms with Crippen LogP contribution in [0.1, 0.15) is 10.5 Å². The van der Waals surface area contributed by atoms with Crippen LogP contribution in [0, 0.1) is 0 Å². The van der Waals surface area contributed by atoms with Gasteiger partial charge in [-0.25, -0.2) is 0 Å². The molecule has 0 spiro atoms. The molecule has 0 unspecified atom stereocenters. The van der Waals surface area contributed by atoms with E-state index in [2.05, 4.69) is 25.5 Å². The van der Waals surface area contributed by atoms with Crippen LogP contribution < -0.4 is 5.32 Å². The van der Waals surface area contributed by atoms with E-state index in [9.17, 15) is 4.79 Å². The summed E-state index contributed by atoms with van der Waals surface area (Å²) in [6.07, 6.45) is 4.93. The van der Waals surface area contributed by atoms with Gasteiger partial charge in [-0.3, -0.25) is 20.1 Å². The zero-order valence-electron chi connectivity index (χ0n) is 10.2. The molecule has 0 aliphatic rings. The van der Waals surface area contributed by atoms with Crippen molar-refractivity contribution in [2.24, 2.45) is 0 Å².